The average molecular weight is 610 g/mol. The predicted octanol–water partition coefficient (Wildman–Crippen LogP) is 13.2. The number of anilines is 3. The highest BCUT2D eigenvalue weighted by Crippen LogP contribution is 2.58. The van der Waals surface area contributed by atoms with Crippen molar-refractivity contribution in [2.24, 2.45) is 0 Å². The van der Waals surface area contributed by atoms with Crippen molar-refractivity contribution in [1.82, 2.24) is 0 Å². The Labute approximate surface area is 277 Å². The summed E-state index contributed by atoms with van der Waals surface area (Å²) in [7, 11) is 0. The molecule has 0 atom stereocenters. The first-order chi connectivity index (χ1) is 23.8. The fourth-order valence-corrected chi connectivity index (χ4v) is 8.32. The molecule has 0 saturated carbocycles. The molecule has 0 fully saturated rings. The van der Waals surface area contributed by atoms with Crippen LogP contribution in [0, 0.1) is 0 Å². The van der Waals surface area contributed by atoms with Crippen LogP contribution < -0.4 is 4.90 Å². The number of furan rings is 1. The Balaban J connectivity index is 1.21. The zero-order valence-electron chi connectivity index (χ0n) is 25.9. The van der Waals surface area contributed by atoms with E-state index in [1.807, 2.05) is 12.1 Å². The lowest BCUT2D eigenvalue weighted by molar-refractivity contribution is 0.669. The molecule has 9 aromatic rings. The molecule has 0 unspecified atom stereocenters. The number of para-hydroxylation sites is 1. The van der Waals surface area contributed by atoms with Crippen molar-refractivity contribution in [3.8, 4) is 55.6 Å². The van der Waals surface area contributed by atoms with Crippen LogP contribution in [0.25, 0.3) is 88.3 Å². The van der Waals surface area contributed by atoms with Crippen LogP contribution in [0.3, 0.4) is 0 Å². The summed E-state index contributed by atoms with van der Waals surface area (Å²) in [6.45, 7) is 0. The number of rotatable bonds is 3. The van der Waals surface area contributed by atoms with Crippen LogP contribution in [0.4, 0.5) is 17.1 Å². The molecular formula is C46H27NO. The average Bonchev–Trinajstić information content (AvgIpc) is 3.47. The Morgan fingerprint density at radius 3 is 1.71 bits per heavy atom. The van der Waals surface area contributed by atoms with E-state index in [4.69, 9.17) is 4.42 Å². The molecule has 1 aromatic heterocycles. The molecule has 8 aromatic carbocycles. The standard InChI is InChI=1S/C46H27NO/c1-2-12-31-28(10-1)11-7-20-42(31)47(30-23-25-35-34-14-5-6-21-43(34)48-44(35)27-30)29-22-24-33-38-17-9-18-39-40-19-8-16-37(46(40)41(33)26-29)32-13-3-4-15-36(32)45(38)39/h1-27H. The molecule has 0 amide bonds. The van der Waals surface area contributed by atoms with Gasteiger partial charge in [-0.15, -0.1) is 0 Å². The van der Waals surface area contributed by atoms with Crippen molar-refractivity contribution < 1.29 is 4.42 Å². The Morgan fingerprint density at radius 1 is 0.333 bits per heavy atom. The minimum absolute atomic E-state index is 0.882. The van der Waals surface area contributed by atoms with Gasteiger partial charge in [0.05, 0.1) is 5.69 Å². The van der Waals surface area contributed by atoms with E-state index in [2.05, 4.69) is 157 Å². The molecule has 1 heterocycles. The van der Waals surface area contributed by atoms with Crippen LogP contribution >= 0.6 is 0 Å². The van der Waals surface area contributed by atoms with Gasteiger partial charge in [0.2, 0.25) is 0 Å². The van der Waals surface area contributed by atoms with Crippen molar-refractivity contribution in [3.63, 3.8) is 0 Å². The highest BCUT2D eigenvalue weighted by Gasteiger charge is 2.31. The monoisotopic (exact) mass is 609 g/mol. The molecule has 0 radical (unpaired) electrons. The molecule has 222 valence electrons. The first-order valence-electron chi connectivity index (χ1n) is 16.5. The van der Waals surface area contributed by atoms with E-state index in [1.165, 1.54) is 66.4 Å². The third kappa shape index (κ3) is 3.46. The van der Waals surface area contributed by atoms with Gasteiger partial charge in [-0.3, -0.25) is 0 Å². The Hall–Kier alpha value is -6.38. The molecule has 0 spiro atoms. The SMILES string of the molecule is c1ccc2c(c1)-c1cccc3c1-c1cc(N(c4ccc5c(c4)oc4ccccc45)c4cccc5ccccc45)ccc1-c1cccc-3c1-2. The van der Waals surface area contributed by atoms with E-state index in [-0.39, 0.29) is 0 Å². The van der Waals surface area contributed by atoms with Crippen LogP contribution in [0.15, 0.2) is 168 Å². The second-order valence-corrected chi connectivity index (χ2v) is 12.8. The van der Waals surface area contributed by atoms with Crippen LogP contribution in [0.5, 0.6) is 0 Å². The largest absolute Gasteiger partial charge is 0.456 e. The van der Waals surface area contributed by atoms with Gasteiger partial charge in [0.1, 0.15) is 11.2 Å². The molecule has 2 aliphatic rings. The number of nitrogens with zero attached hydrogens (tertiary/aromatic N) is 1. The summed E-state index contributed by atoms with van der Waals surface area (Å²) in [5.74, 6) is 0. The second kappa shape index (κ2) is 9.57. The lowest BCUT2D eigenvalue weighted by Gasteiger charge is -2.28. The van der Waals surface area contributed by atoms with E-state index < -0.39 is 0 Å². The summed E-state index contributed by atoms with van der Waals surface area (Å²) in [4.78, 5) is 2.40. The Bertz CT molecular complexity index is 2770. The predicted molar refractivity (Wildman–Crippen MR) is 200 cm³/mol. The van der Waals surface area contributed by atoms with Gasteiger partial charge in [-0.2, -0.15) is 0 Å². The second-order valence-electron chi connectivity index (χ2n) is 12.8. The third-order valence-electron chi connectivity index (χ3n) is 10.4. The molecule has 2 aliphatic carbocycles. The van der Waals surface area contributed by atoms with Crippen molar-refractivity contribution in [2.45, 2.75) is 0 Å². The minimum atomic E-state index is 0.882. The quantitative estimate of drug-likeness (QED) is 0.198. The number of hydrogen-bond acceptors (Lipinski definition) is 2. The summed E-state index contributed by atoms with van der Waals surface area (Å²) in [6.07, 6.45) is 0. The molecule has 2 nitrogen and oxygen atoms in total. The van der Waals surface area contributed by atoms with Crippen molar-refractivity contribution in [3.05, 3.63) is 164 Å². The Kier molecular flexibility index (Phi) is 5.14. The lowest BCUT2D eigenvalue weighted by atomic mass is 9.83. The van der Waals surface area contributed by atoms with Crippen molar-refractivity contribution in [2.75, 3.05) is 4.90 Å². The summed E-state index contributed by atoms with van der Waals surface area (Å²) in [5, 5.41) is 4.67. The lowest BCUT2D eigenvalue weighted by Crippen LogP contribution is -2.11. The number of benzene rings is 8. The van der Waals surface area contributed by atoms with E-state index in [1.54, 1.807) is 0 Å². The van der Waals surface area contributed by atoms with Crippen LogP contribution in [0.2, 0.25) is 0 Å². The fraction of sp³-hybridized carbons (Fsp3) is 0. The van der Waals surface area contributed by atoms with Crippen molar-refractivity contribution >= 4 is 49.8 Å². The molecule has 0 N–H and O–H groups in total. The fourth-order valence-electron chi connectivity index (χ4n) is 8.32. The van der Waals surface area contributed by atoms with Gasteiger partial charge < -0.3 is 9.32 Å². The number of fused-ring (bicyclic) bond motifs is 8. The van der Waals surface area contributed by atoms with Gasteiger partial charge >= 0.3 is 0 Å². The van der Waals surface area contributed by atoms with Crippen LogP contribution in [-0.2, 0) is 0 Å². The highest BCUT2D eigenvalue weighted by molar-refractivity contribution is 6.15. The molecule has 0 saturated heterocycles. The van der Waals surface area contributed by atoms with Gasteiger partial charge in [-0.25, -0.2) is 0 Å². The third-order valence-corrected chi connectivity index (χ3v) is 10.4. The van der Waals surface area contributed by atoms with E-state index >= 15 is 0 Å². The maximum Gasteiger partial charge on any atom is 0.137 e. The molecule has 6 bridgehead atoms. The summed E-state index contributed by atoms with van der Waals surface area (Å²) in [5.41, 5.74) is 18.0. The Morgan fingerprint density at radius 2 is 0.875 bits per heavy atom. The summed E-state index contributed by atoms with van der Waals surface area (Å²) in [6, 6.07) is 59.7. The molecule has 0 aliphatic heterocycles. The van der Waals surface area contributed by atoms with E-state index in [9.17, 15) is 0 Å². The van der Waals surface area contributed by atoms with Gasteiger partial charge in [0.25, 0.3) is 0 Å². The zero-order valence-corrected chi connectivity index (χ0v) is 25.9. The molecule has 11 rings (SSSR count). The first-order valence-corrected chi connectivity index (χ1v) is 16.5. The van der Waals surface area contributed by atoms with Crippen molar-refractivity contribution in [1.29, 1.82) is 0 Å². The summed E-state index contributed by atoms with van der Waals surface area (Å²) >= 11 is 0. The zero-order chi connectivity index (χ0) is 31.3. The normalized spacial score (nSPS) is 12.2. The molecule has 2 heteroatoms. The maximum absolute atomic E-state index is 6.43. The summed E-state index contributed by atoms with van der Waals surface area (Å²) < 4.78 is 6.43. The molecular weight excluding hydrogens is 583 g/mol. The van der Waals surface area contributed by atoms with Gasteiger partial charge in [-0.05, 0) is 97.4 Å². The topological polar surface area (TPSA) is 16.4 Å². The maximum atomic E-state index is 6.43. The van der Waals surface area contributed by atoms with Crippen LogP contribution in [-0.4, -0.2) is 0 Å². The smallest absolute Gasteiger partial charge is 0.137 e. The van der Waals surface area contributed by atoms with Crippen LogP contribution in [0.1, 0.15) is 0 Å². The number of hydrogen-bond donors (Lipinski definition) is 0. The minimum Gasteiger partial charge on any atom is -0.456 e. The molecule has 48 heavy (non-hydrogen) atoms. The van der Waals surface area contributed by atoms with Gasteiger partial charge in [-0.1, -0.05) is 121 Å². The van der Waals surface area contributed by atoms with E-state index in [0.29, 0.717) is 0 Å². The van der Waals surface area contributed by atoms with Gasteiger partial charge in [0.15, 0.2) is 0 Å². The first kappa shape index (κ1) is 25.8. The van der Waals surface area contributed by atoms with Gasteiger partial charge in [0, 0.05) is 33.6 Å². The van der Waals surface area contributed by atoms with E-state index in [0.717, 1.165) is 39.0 Å². The highest BCUT2D eigenvalue weighted by atomic mass is 16.3.